The van der Waals surface area contributed by atoms with E-state index in [1.807, 2.05) is 0 Å². The summed E-state index contributed by atoms with van der Waals surface area (Å²) in [6.07, 6.45) is 0. The molecule has 296 valence electrons. The molecule has 13 aromatic rings. The van der Waals surface area contributed by atoms with Gasteiger partial charge in [0.2, 0.25) is 0 Å². The van der Waals surface area contributed by atoms with Gasteiger partial charge in [0.05, 0.1) is 16.4 Å². The van der Waals surface area contributed by atoms with Gasteiger partial charge in [0.25, 0.3) is 0 Å². The third-order valence-corrected chi connectivity index (χ3v) is 14.4. The molecule has 1 aromatic heterocycles. The van der Waals surface area contributed by atoms with Crippen molar-refractivity contribution in [3.8, 4) is 39.1 Å². The van der Waals surface area contributed by atoms with E-state index in [1.54, 1.807) is 0 Å². The molecule has 64 heavy (non-hydrogen) atoms. The first-order valence-electron chi connectivity index (χ1n) is 22.3. The molecule has 0 bridgehead atoms. The topological polar surface area (TPSA) is 4.93 Å². The molecule has 1 aliphatic rings. The van der Waals surface area contributed by atoms with E-state index in [0.717, 1.165) is 5.69 Å². The average Bonchev–Trinajstić information content (AvgIpc) is 3.87. The van der Waals surface area contributed by atoms with Crippen molar-refractivity contribution in [3.05, 3.63) is 259 Å². The zero-order valence-electron chi connectivity index (χ0n) is 35.0. The summed E-state index contributed by atoms with van der Waals surface area (Å²) in [6.45, 7) is 0. The fraction of sp³-hybridized carbons (Fsp3) is 0.0159. The number of para-hydroxylation sites is 1. The molecular weight excluding hydrogens is 771 g/mol. The number of hydrogen-bond donors (Lipinski definition) is 0. The zero-order chi connectivity index (χ0) is 41.9. The first-order chi connectivity index (χ1) is 31.8. The lowest BCUT2D eigenvalue weighted by Gasteiger charge is -2.33. The maximum absolute atomic E-state index is 2.52. The van der Waals surface area contributed by atoms with E-state index in [9.17, 15) is 0 Å². The molecule has 1 heterocycles. The first kappa shape index (κ1) is 35.3. The van der Waals surface area contributed by atoms with Crippen LogP contribution in [0.25, 0.3) is 104 Å². The van der Waals surface area contributed by atoms with Crippen LogP contribution in [0.3, 0.4) is 0 Å². The standard InChI is InChI=1S/C63H39N/c1-3-16-44(17-4-1)63(45-18-5-2-6-19-45)56-24-11-9-22-55(56)61-57(63)39-38-54-51-21-10-12-25-58(51)64(62(54)61)46-32-26-41(27-33-46)48-34-28-42-31-37-53-50(35-29-43-30-36-52(48)59(42)60(43)53)49-23-13-15-40-14-7-8-20-47(40)49/h1-39H. The second kappa shape index (κ2) is 13.4. The van der Waals surface area contributed by atoms with Gasteiger partial charge in [0, 0.05) is 22.0 Å². The lowest BCUT2D eigenvalue weighted by molar-refractivity contribution is 0.769. The normalized spacial score (nSPS) is 13.1. The van der Waals surface area contributed by atoms with Crippen LogP contribution >= 0.6 is 0 Å². The molecular formula is C63H39N. The molecule has 1 heteroatoms. The van der Waals surface area contributed by atoms with Crippen LogP contribution in [0.5, 0.6) is 0 Å². The van der Waals surface area contributed by atoms with Crippen LogP contribution < -0.4 is 0 Å². The Morgan fingerprint density at radius 1 is 0.297 bits per heavy atom. The van der Waals surface area contributed by atoms with Crippen LogP contribution in [0, 0.1) is 0 Å². The van der Waals surface area contributed by atoms with Crippen molar-refractivity contribution in [1.29, 1.82) is 0 Å². The molecule has 0 unspecified atom stereocenters. The van der Waals surface area contributed by atoms with Crippen molar-refractivity contribution in [2.75, 3.05) is 0 Å². The number of hydrogen-bond acceptors (Lipinski definition) is 0. The smallest absolute Gasteiger partial charge is 0.0714 e. The van der Waals surface area contributed by atoms with Crippen molar-refractivity contribution >= 4 is 64.9 Å². The van der Waals surface area contributed by atoms with Gasteiger partial charge in [-0.05, 0) is 111 Å². The van der Waals surface area contributed by atoms with Crippen LogP contribution in [0.2, 0.25) is 0 Å². The molecule has 0 saturated heterocycles. The van der Waals surface area contributed by atoms with Gasteiger partial charge in [0.15, 0.2) is 0 Å². The average molecular weight is 810 g/mol. The summed E-state index contributed by atoms with van der Waals surface area (Å²) in [7, 11) is 0. The van der Waals surface area contributed by atoms with Crippen molar-refractivity contribution in [2.45, 2.75) is 5.41 Å². The summed E-state index contributed by atoms with van der Waals surface area (Å²) < 4.78 is 2.52. The Morgan fingerprint density at radius 2 is 0.844 bits per heavy atom. The highest BCUT2D eigenvalue weighted by atomic mass is 15.0. The van der Waals surface area contributed by atoms with Gasteiger partial charge in [-0.2, -0.15) is 0 Å². The number of aromatic nitrogens is 1. The molecule has 0 radical (unpaired) electrons. The Morgan fingerprint density at radius 3 is 1.59 bits per heavy atom. The molecule has 1 nitrogen and oxygen atoms in total. The molecule has 0 aliphatic heterocycles. The molecule has 1 aliphatic carbocycles. The lowest BCUT2D eigenvalue weighted by atomic mass is 9.67. The van der Waals surface area contributed by atoms with E-state index >= 15 is 0 Å². The fourth-order valence-electron chi connectivity index (χ4n) is 11.8. The third kappa shape index (κ3) is 4.73. The van der Waals surface area contributed by atoms with Gasteiger partial charge in [-0.25, -0.2) is 0 Å². The van der Waals surface area contributed by atoms with E-state index < -0.39 is 5.41 Å². The SMILES string of the molecule is c1ccc(C2(c3ccccc3)c3ccccc3-c3c2ccc2c4ccccc4n(-c4ccc(-c5ccc6ccc7c(-c8cccc9ccccc89)ccc8ccc5c6c87)cc4)c32)cc1. The zero-order valence-corrected chi connectivity index (χ0v) is 35.0. The van der Waals surface area contributed by atoms with Crippen molar-refractivity contribution < 1.29 is 0 Å². The van der Waals surface area contributed by atoms with Crippen molar-refractivity contribution in [1.82, 2.24) is 4.57 Å². The molecule has 0 spiro atoms. The number of rotatable bonds is 5. The Hall–Kier alpha value is -8.26. The highest BCUT2D eigenvalue weighted by molar-refractivity contribution is 6.28. The highest BCUT2D eigenvalue weighted by Gasteiger charge is 2.47. The summed E-state index contributed by atoms with van der Waals surface area (Å²) >= 11 is 0. The van der Waals surface area contributed by atoms with Gasteiger partial charge in [-0.1, -0.05) is 218 Å². The number of benzene rings is 12. The van der Waals surface area contributed by atoms with E-state index in [1.165, 1.54) is 121 Å². The fourth-order valence-corrected chi connectivity index (χ4v) is 11.8. The minimum absolute atomic E-state index is 0.474. The maximum Gasteiger partial charge on any atom is 0.0714 e. The maximum atomic E-state index is 2.52. The number of fused-ring (bicyclic) bond motifs is 8. The summed E-state index contributed by atoms with van der Waals surface area (Å²) in [4.78, 5) is 0. The van der Waals surface area contributed by atoms with E-state index in [-0.39, 0.29) is 0 Å². The third-order valence-electron chi connectivity index (χ3n) is 14.4. The summed E-state index contributed by atoms with van der Waals surface area (Å²) in [5.41, 5.74) is 15.9. The van der Waals surface area contributed by atoms with Crippen LogP contribution in [-0.4, -0.2) is 4.57 Å². The van der Waals surface area contributed by atoms with E-state index in [0.29, 0.717) is 0 Å². The molecule has 0 amide bonds. The second-order valence-corrected chi connectivity index (χ2v) is 17.5. The predicted octanol–water partition coefficient (Wildman–Crippen LogP) is 16.5. The largest absolute Gasteiger partial charge is 0.309 e. The van der Waals surface area contributed by atoms with Crippen molar-refractivity contribution in [2.24, 2.45) is 0 Å². The minimum atomic E-state index is -0.474. The number of nitrogens with zero attached hydrogens (tertiary/aromatic N) is 1. The summed E-state index contributed by atoms with van der Waals surface area (Å²) in [5.74, 6) is 0. The molecule has 0 N–H and O–H groups in total. The Labute approximate surface area is 371 Å². The van der Waals surface area contributed by atoms with E-state index in [2.05, 4.69) is 241 Å². The Bertz CT molecular complexity index is 3940. The lowest BCUT2D eigenvalue weighted by Crippen LogP contribution is -2.28. The first-order valence-corrected chi connectivity index (χ1v) is 22.3. The van der Waals surface area contributed by atoms with Crippen LogP contribution in [-0.2, 0) is 5.41 Å². The van der Waals surface area contributed by atoms with Gasteiger partial charge >= 0.3 is 0 Å². The van der Waals surface area contributed by atoms with Crippen LogP contribution in [0.15, 0.2) is 237 Å². The van der Waals surface area contributed by atoms with Crippen LogP contribution in [0.4, 0.5) is 0 Å². The van der Waals surface area contributed by atoms with Gasteiger partial charge < -0.3 is 4.57 Å². The Kier molecular flexibility index (Phi) is 7.38. The molecule has 0 fully saturated rings. The molecule has 0 saturated carbocycles. The molecule has 0 atom stereocenters. The molecule has 14 rings (SSSR count). The van der Waals surface area contributed by atoms with Gasteiger partial charge in [-0.15, -0.1) is 0 Å². The monoisotopic (exact) mass is 809 g/mol. The summed E-state index contributed by atoms with van der Waals surface area (Å²) in [6, 6.07) is 88.3. The van der Waals surface area contributed by atoms with Gasteiger partial charge in [-0.3, -0.25) is 0 Å². The molecule has 12 aromatic carbocycles. The Balaban J connectivity index is 0.976. The predicted molar refractivity (Wildman–Crippen MR) is 270 cm³/mol. The summed E-state index contributed by atoms with van der Waals surface area (Å²) in [5, 5.41) is 12.8. The van der Waals surface area contributed by atoms with Crippen molar-refractivity contribution in [3.63, 3.8) is 0 Å². The van der Waals surface area contributed by atoms with E-state index in [4.69, 9.17) is 0 Å². The quantitative estimate of drug-likeness (QED) is 0.153. The van der Waals surface area contributed by atoms with Gasteiger partial charge in [0.1, 0.15) is 0 Å². The van der Waals surface area contributed by atoms with Crippen LogP contribution in [0.1, 0.15) is 22.3 Å². The second-order valence-electron chi connectivity index (χ2n) is 17.5. The highest BCUT2D eigenvalue weighted by Crippen LogP contribution is 2.58. The minimum Gasteiger partial charge on any atom is -0.309 e.